The fourth-order valence-corrected chi connectivity index (χ4v) is 5.41. The smallest absolute Gasteiger partial charge is 0.306 e. The highest BCUT2D eigenvalue weighted by atomic mass is 16.6. The molecule has 0 aromatic heterocycles. The third-order valence-corrected chi connectivity index (χ3v) is 8.59. The summed E-state index contributed by atoms with van der Waals surface area (Å²) in [6.45, 7) is 4.41. The van der Waals surface area contributed by atoms with Gasteiger partial charge in [-0.2, -0.15) is 0 Å². The topological polar surface area (TPSA) is 102 Å². The van der Waals surface area contributed by atoms with Gasteiger partial charge in [-0.1, -0.05) is 125 Å². The van der Waals surface area contributed by atoms with E-state index in [9.17, 15) is 19.5 Å². The fraction of sp³-hybridized carbons (Fsp3) is 0.667. The predicted molar refractivity (Wildman–Crippen MR) is 217 cm³/mol. The Bertz CT molecular complexity index is 1100. The van der Waals surface area contributed by atoms with Crippen molar-refractivity contribution in [3.05, 3.63) is 72.9 Å². The van der Waals surface area contributed by atoms with Crippen LogP contribution in [0.15, 0.2) is 72.9 Å². The van der Waals surface area contributed by atoms with E-state index in [0.717, 1.165) is 70.6 Å². The van der Waals surface area contributed by atoms with Crippen LogP contribution in [-0.2, 0) is 28.6 Å². The van der Waals surface area contributed by atoms with Gasteiger partial charge in [-0.25, -0.2) is 0 Å². The minimum absolute atomic E-state index is 0.00365. The van der Waals surface area contributed by atoms with Gasteiger partial charge in [0.2, 0.25) is 0 Å². The van der Waals surface area contributed by atoms with Gasteiger partial charge in [-0.05, 0) is 70.6 Å². The highest BCUT2D eigenvalue weighted by molar-refractivity contribution is 5.70. The van der Waals surface area contributed by atoms with Gasteiger partial charge in [0, 0.05) is 19.3 Å². The van der Waals surface area contributed by atoms with Gasteiger partial charge in [0.25, 0.3) is 0 Å². The van der Waals surface area contributed by atoms with Crippen molar-refractivity contribution in [3.63, 3.8) is 0 Å². The number of allylic oxidation sites excluding steroid dienone is 12. The lowest BCUT2D eigenvalue weighted by Gasteiger charge is -2.34. The van der Waals surface area contributed by atoms with E-state index >= 15 is 0 Å². The molecule has 8 heteroatoms. The minimum Gasteiger partial charge on any atom is -0.544 e. The number of nitrogens with zero attached hydrogens (tertiary/aromatic N) is 1. The predicted octanol–water partition coefficient (Wildman–Crippen LogP) is 9.46. The summed E-state index contributed by atoms with van der Waals surface area (Å²) in [5.41, 5.74) is 0. The first-order valence-corrected chi connectivity index (χ1v) is 20.5. The number of ether oxygens (including phenoxy) is 3. The molecule has 0 bridgehead atoms. The Labute approximate surface area is 323 Å². The molecule has 0 radical (unpaired) electrons. The first-order chi connectivity index (χ1) is 25.6. The standard InChI is InChI=1S/C45H75NO7/c1-6-8-10-12-14-16-18-20-21-22-24-25-27-29-31-33-35-43(47)52-40-41(39-51-38-37-42(45(49)50)46(3,4)5)53-44(48)36-34-32-30-28-26-23-19-17-15-13-11-9-7-2/h9,11,15-18,21-23,26,30,32,41-42H,6-8,10,12-14,19-20,24-25,27-29,31,33-40H2,1-5H3/b11-9-,17-15-,18-16-,22-21-,26-23-,32-30-. The average Bonchev–Trinajstić information content (AvgIpc) is 3.11. The summed E-state index contributed by atoms with van der Waals surface area (Å²) in [6, 6.07) is -0.742. The van der Waals surface area contributed by atoms with Crippen molar-refractivity contribution in [1.29, 1.82) is 0 Å². The van der Waals surface area contributed by atoms with Crippen LogP contribution in [0.3, 0.4) is 0 Å². The first kappa shape index (κ1) is 49.8. The second-order valence-corrected chi connectivity index (χ2v) is 14.5. The molecule has 53 heavy (non-hydrogen) atoms. The molecule has 2 unspecified atom stereocenters. The number of likely N-dealkylation sites (N-methyl/N-ethyl adjacent to an activating group) is 1. The number of aliphatic carboxylic acids is 1. The lowest BCUT2D eigenvalue weighted by atomic mass is 10.1. The van der Waals surface area contributed by atoms with Gasteiger partial charge in [-0.3, -0.25) is 9.59 Å². The third kappa shape index (κ3) is 34.3. The van der Waals surface area contributed by atoms with Gasteiger partial charge in [0.1, 0.15) is 12.6 Å². The summed E-state index contributed by atoms with van der Waals surface area (Å²) >= 11 is 0. The number of quaternary nitrogens is 1. The molecule has 0 rings (SSSR count). The summed E-state index contributed by atoms with van der Waals surface area (Å²) in [7, 11) is 5.36. The minimum atomic E-state index is -1.14. The van der Waals surface area contributed by atoms with Crippen LogP contribution in [-0.4, -0.2) is 75.5 Å². The highest BCUT2D eigenvalue weighted by Gasteiger charge is 2.25. The van der Waals surface area contributed by atoms with Crippen molar-refractivity contribution in [2.24, 2.45) is 0 Å². The molecule has 0 fully saturated rings. The van der Waals surface area contributed by atoms with Crippen molar-refractivity contribution in [2.75, 3.05) is 41.0 Å². The number of carboxylic acids is 1. The van der Waals surface area contributed by atoms with Crippen molar-refractivity contribution < 1.29 is 38.2 Å². The summed E-state index contributed by atoms with van der Waals surface area (Å²) < 4.78 is 17.0. The van der Waals surface area contributed by atoms with Crippen molar-refractivity contribution in [1.82, 2.24) is 0 Å². The number of esters is 2. The third-order valence-electron chi connectivity index (χ3n) is 8.59. The van der Waals surface area contributed by atoms with Crippen LogP contribution in [0.25, 0.3) is 0 Å². The SMILES string of the molecule is CC/C=C\C/C=C\C/C=C\C/C=C\CCC(=O)OC(COCCC(C(=O)[O-])[N+](C)(C)C)COC(=O)CCCCCCC/C=C\C/C=C\CCCCCC. The molecule has 8 nitrogen and oxygen atoms in total. The molecule has 0 N–H and O–H groups in total. The lowest BCUT2D eigenvalue weighted by molar-refractivity contribution is -0.889. The maximum Gasteiger partial charge on any atom is 0.306 e. The van der Waals surface area contributed by atoms with E-state index in [1.165, 1.54) is 32.1 Å². The Morgan fingerprint density at radius 2 is 1.09 bits per heavy atom. The largest absolute Gasteiger partial charge is 0.544 e. The quantitative estimate of drug-likeness (QED) is 0.0276. The second-order valence-electron chi connectivity index (χ2n) is 14.5. The molecule has 0 saturated heterocycles. The van der Waals surface area contributed by atoms with Crippen LogP contribution < -0.4 is 5.11 Å². The maximum absolute atomic E-state index is 12.6. The number of rotatable bonds is 35. The van der Waals surface area contributed by atoms with Crippen molar-refractivity contribution >= 4 is 17.9 Å². The maximum atomic E-state index is 12.6. The Morgan fingerprint density at radius 3 is 1.64 bits per heavy atom. The molecule has 0 amide bonds. The van der Waals surface area contributed by atoms with Crippen LogP contribution in [0.2, 0.25) is 0 Å². The second kappa shape index (κ2) is 35.8. The molecule has 0 aliphatic rings. The van der Waals surface area contributed by atoms with Gasteiger partial charge in [-0.15, -0.1) is 0 Å². The summed E-state index contributed by atoms with van der Waals surface area (Å²) in [4.78, 5) is 36.7. The average molecular weight is 742 g/mol. The lowest BCUT2D eigenvalue weighted by Crippen LogP contribution is -2.55. The molecule has 0 aromatic carbocycles. The van der Waals surface area contributed by atoms with Crippen LogP contribution in [0, 0.1) is 0 Å². The van der Waals surface area contributed by atoms with Gasteiger partial charge >= 0.3 is 11.9 Å². The van der Waals surface area contributed by atoms with Crippen molar-refractivity contribution in [3.8, 4) is 0 Å². The van der Waals surface area contributed by atoms with E-state index < -0.39 is 24.1 Å². The molecular weight excluding hydrogens is 666 g/mol. The number of carbonyl (C=O) groups excluding carboxylic acids is 3. The fourth-order valence-electron chi connectivity index (χ4n) is 5.41. The van der Waals surface area contributed by atoms with Gasteiger partial charge < -0.3 is 28.6 Å². The van der Waals surface area contributed by atoms with Crippen molar-refractivity contribution in [2.45, 2.75) is 154 Å². The Morgan fingerprint density at radius 1 is 0.585 bits per heavy atom. The van der Waals surface area contributed by atoms with Crippen LogP contribution in [0.5, 0.6) is 0 Å². The van der Waals surface area contributed by atoms with E-state index in [0.29, 0.717) is 12.8 Å². The molecule has 0 aliphatic heterocycles. The van der Waals surface area contributed by atoms with Gasteiger partial charge in [0.05, 0.1) is 40.3 Å². The summed E-state index contributed by atoms with van der Waals surface area (Å²) in [6.07, 6.45) is 43.7. The van der Waals surface area contributed by atoms with E-state index in [1.54, 1.807) is 21.1 Å². The number of unbranched alkanes of at least 4 members (excludes halogenated alkanes) is 9. The number of hydrogen-bond donors (Lipinski definition) is 0. The van der Waals surface area contributed by atoms with E-state index in [4.69, 9.17) is 14.2 Å². The zero-order valence-corrected chi connectivity index (χ0v) is 34.2. The number of carboxylic acid groups (broad SMARTS) is 1. The molecule has 302 valence electrons. The number of hydrogen-bond acceptors (Lipinski definition) is 7. The first-order valence-electron chi connectivity index (χ1n) is 20.5. The van der Waals surface area contributed by atoms with Crippen LogP contribution >= 0.6 is 0 Å². The van der Waals surface area contributed by atoms with E-state index in [2.05, 4.69) is 74.6 Å². The van der Waals surface area contributed by atoms with Gasteiger partial charge in [0.15, 0.2) is 6.10 Å². The Balaban J connectivity index is 4.51. The molecule has 0 aliphatic carbocycles. The molecule has 0 spiro atoms. The van der Waals surface area contributed by atoms with E-state index in [1.807, 2.05) is 12.2 Å². The van der Waals surface area contributed by atoms with Crippen LogP contribution in [0.4, 0.5) is 0 Å². The molecule has 0 saturated carbocycles. The normalized spacial score (nSPS) is 13.8. The number of carbonyl (C=O) groups is 3. The summed E-state index contributed by atoms with van der Waals surface area (Å²) in [5, 5.41) is 11.6. The monoisotopic (exact) mass is 742 g/mol. The molecule has 2 atom stereocenters. The Hall–Kier alpha value is -3.23. The molecule has 0 heterocycles. The van der Waals surface area contributed by atoms with Crippen LogP contribution in [0.1, 0.15) is 142 Å². The highest BCUT2D eigenvalue weighted by Crippen LogP contribution is 2.11. The van der Waals surface area contributed by atoms with E-state index in [-0.39, 0.29) is 43.1 Å². The zero-order chi connectivity index (χ0) is 39.3. The summed E-state index contributed by atoms with van der Waals surface area (Å²) in [5.74, 6) is -1.87. The molecule has 0 aromatic rings. The Kier molecular flexibility index (Phi) is 33.6. The zero-order valence-electron chi connectivity index (χ0n) is 34.2. The molecular formula is C45H75NO7.